The van der Waals surface area contributed by atoms with Crippen molar-refractivity contribution in [3.8, 4) is 11.5 Å². The number of ether oxygens (including phenoxy) is 2. The van der Waals surface area contributed by atoms with Crippen LogP contribution in [0.25, 0.3) is 0 Å². The molecule has 0 amide bonds. The van der Waals surface area contributed by atoms with E-state index in [9.17, 15) is 15.0 Å². The Morgan fingerprint density at radius 1 is 0.735 bits per heavy atom. The summed E-state index contributed by atoms with van der Waals surface area (Å²) in [7, 11) is 0. The lowest BCUT2D eigenvalue weighted by Gasteiger charge is -2.19. The molecule has 0 aliphatic carbocycles. The highest BCUT2D eigenvalue weighted by molar-refractivity contribution is 14.1. The molecular formula is C23H28I4N2O5. The van der Waals surface area contributed by atoms with Crippen LogP contribution in [0.1, 0.15) is 29.8 Å². The monoisotopic (exact) mass is 920 g/mol. The molecule has 188 valence electrons. The van der Waals surface area contributed by atoms with Crippen molar-refractivity contribution in [1.29, 1.82) is 0 Å². The molecule has 0 saturated carbocycles. The second-order valence-corrected chi connectivity index (χ2v) is 11.9. The maximum atomic E-state index is 13.3. The highest BCUT2D eigenvalue weighted by atomic mass is 127. The molecule has 0 atom stereocenters. The molecule has 34 heavy (non-hydrogen) atoms. The molecule has 2 rings (SSSR count). The van der Waals surface area contributed by atoms with E-state index in [1.807, 2.05) is 47.9 Å². The molecular weight excluding hydrogens is 892 g/mol. The number of likely N-dealkylation sites (N-methyl/N-ethyl adjacent to an activating group) is 2. The van der Waals surface area contributed by atoms with E-state index < -0.39 is 0 Å². The van der Waals surface area contributed by atoms with Gasteiger partial charge in [0.05, 0.1) is 27.7 Å². The Morgan fingerprint density at radius 3 is 1.32 bits per heavy atom. The Kier molecular flexibility index (Phi) is 14.1. The van der Waals surface area contributed by atoms with E-state index in [0.717, 1.165) is 38.9 Å². The first kappa shape index (κ1) is 30.7. The molecule has 2 N–H and O–H groups in total. The van der Waals surface area contributed by atoms with Gasteiger partial charge in [0.1, 0.15) is 24.7 Å². The van der Waals surface area contributed by atoms with Crippen LogP contribution in [0.5, 0.6) is 11.5 Å². The van der Waals surface area contributed by atoms with Gasteiger partial charge in [-0.25, -0.2) is 0 Å². The molecule has 7 nitrogen and oxygen atoms in total. The first-order chi connectivity index (χ1) is 16.2. The molecule has 2 aromatic carbocycles. The normalized spacial score (nSPS) is 11.4. The second kappa shape index (κ2) is 15.7. The van der Waals surface area contributed by atoms with Crippen molar-refractivity contribution >= 4 is 96.1 Å². The Morgan fingerprint density at radius 2 is 1.06 bits per heavy atom. The molecule has 0 aliphatic heterocycles. The van der Waals surface area contributed by atoms with E-state index in [-0.39, 0.29) is 19.2 Å². The third-order valence-electron chi connectivity index (χ3n) is 5.12. The SMILES string of the molecule is CCN(CO)CCOc1c(I)cc(C(=O)c2cc(I)c(OCCN(CC)CO)c(I)c2)cc1I. The van der Waals surface area contributed by atoms with Crippen molar-refractivity contribution in [2.24, 2.45) is 0 Å². The molecule has 0 radical (unpaired) electrons. The van der Waals surface area contributed by atoms with Gasteiger partial charge in [-0.2, -0.15) is 0 Å². The molecule has 11 heteroatoms. The van der Waals surface area contributed by atoms with Gasteiger partial charge in [0.15, 0.2) is 5.78 Å². The van der Waals surface area contributed by atoms with Gasteiger partial charge in [-0.3, -0.25) is 14.6 Å². The van der Waals surface area contributed by atoms with Gasteiger partial charge >= 0.3 is 0 Å². The number of rotatable bonds is 14. The third-order valence-corrected chi connectivity index (χ3v) is 8.33. The molecule has 0 aromatic heterocycles. The van der Waals surface area contributed by atoms with Crippen LogP contribution in [0.4, 0.5) is 0 Å². The molecule has 0 aliphatic rings. The lowest BCUT2D eigenvalue weighted by molar-refractivity contribution is 0.0964. The van der Waals surface area contributed by atoms with Gasteiger partial charge in [-0.1, -0.05) is 13.8 Å². The van der Waals surface area contributed by atoms with Crippen molar-refractivity contribution in [3.05, 3.63) is 49.7 Å². The van der Waals surface area contributed by atoms with E-state index in [4.69, 9.17) is 9.47 Å². The number of benzene rings is 2. The van der Waals surface area contributed by atoms with Crippen LogP contribution in [-0.4, -0.2) is 78.7 Å². The number of halogens is 4. The van der Waals surface area contributed by atoms with Gasteiger partial charge < -0.3 is 19.7 Å². The van der Waals surface area contributed by atoms with Crippen molar-refractivity contribution in [2.75, 3.05) is 52.9 Å². The Bertz CT molecular complexity index is 847. The van der Waals surface area contributed by atoms with Gasteiger partial charge in [0, 0.05) is 24.2 Å². The van der Waals surface area contributed by atoms with Crippen LogP contribution < -0.4 is 9.47 Å². The number of aliphatic hydroxyl groups excluding tert-OH is 2. The predicted molar refractivity (Wildman–Crippen MR) is 167 cm³/mol. The maximum absolute atomic E-state index is 13.3. The van der Waals surface area contributed by atoms with Gasteiger partial charge in [0.2, 0.25) is 0 Å². The van der Waals surface area contributed by atoms with E-state index >= 15 is 0 Å². The molecule has 0 unspecified atom stereocenters. The number of aliphatic hydroxyl groups is 2. The topological polar surface area (TPSA) is 82.5 Å². The first-order valence-corrected chi connectivity index (χ1v) is 15.0. The van der Waals surface area contributed by atoms with E-state index in [2.05, 4.69) is 90.4 Å². The van der Waals surface area contributed by atoms with Crippen LogP contribution in [-0.2, 0) is 0 Å². The van der Waals surface area contributed by atoms with Crippen LogP contribution in [0.15, 0.2) is 24.3 Å². The van der Waals surface area contributed by atoms with Crippen molar-refractivity contribution < 1.29 is 24.5 Å². The Balaban J connectivity index is 2.14. The molecule has 0 saturated heterocycles. The fraction of sp³-hybridized carbons (Fsp3) is 0.435. The van der Waals surface area contributed by atoms with Crippen LogP contribution in [0.2, 0.25) is 0 Å². The highest BCUT2D eigenvalue weighted by Gasteiger charge is 2.18. The number of hydrogen-bond acceptors (Lipinski definition) is 7. The largest absolute Gasteiger partial charge is 0.490 e. The molecule has 0 heterocycles. The minimum Gasteiger partial charge on any atom is -0.490 e. The van der Waals surface area contributed by atoms with Crippen LogP contribution >= 0.6 is 90.4 Å². The summed E-state index contributed by atoms with van der Waals surface area (Å²) in [6.07, 6.45) is 0. The van der Waals surface area contributed by atoms with Gasteiger partial charge in [-0.15, -0.1) is 0 Å². The van der Waals surface area contributed by atoms with Gasteiger partial charge in [0.25, 0.3) is 0 Å². The number of hydrogen-bond donors (Lipinski definition) is 2. The summed E-state index contributed by atoms with van der Waals surface area (Å²) in [5, 5.41) is 18.6. The fourth-order valence-electron chi connectivity index (χ4n) is 3.04. The zero-order valence-corrected chi connectivity index (χ0v) is 27.6. The first-order valence-electron chi connectivity index (χ1n) is 10.7. The summed E-state index contributed by atoms with van der Waals surface area (Å²) in [5.74, 6) is 1.45. The van der Waals surface area contributed by atoms with Crippen LogP contribution in [0.3, 0.4) is 0 Å². The molecule has 0 fully saturated rings. The summed E-state index contributed by atoms with van der Waals surface area (Å²) in [6, 6.07) is 7.40. The highest BCUT2D eigenvalue weighted by Crippen LogP contribution is 2.32. The quantitative estimate of drug-likeness (QED) is 0.163. The third kappa shape index (κ3) is 8.79. The Hall–Kier alpha value is 0.470. The summed E-state index contributed by atoms with van der Waals surface area (Å²) >= 11 is 8.78. The summed E-state index contributed by atoms with van der Waals surface area (Å²) in [6.45, 7) is 7.66. The van der Waals surface area contributed by atoms with Crippen molar-refractivity contribution in [2.45, 2.75) is 13.8 Å². The summed E-state index contributed by atoms with van der Waals surface area (Å²) in [5.41, 5.74) is 1.21. The summed E-state index contributed by atoms with van der Waals surface area (Å²) < 4.78 is 15.4. The van der Waals surface area contributed by atoms with E-state index in [0.29, 0.717) is 37.4 Å². The zero-order chi connectivity index (χ0) is 25.3. The van der Waals surface area contributed by atoms with Crippen molar-refractivity contribution in [3.63, 3.8) is 0 Å². The number of ketones is 1. The Labute approximate surface area is 255 Å². The average Bonchev–Trinajstić information content (AvgIpc) is 2.81. The zero-order valence-electron chi connectivity index (χ0n) is 19.0. The lowest BCUT2D eigenvalue weighted by atomic mass is 10.0. The lowest BCUT2D eigenvalue weighted by Crippen LogP contribution is -2.29. The molecule has 2 aromatic rings. The number of carbonyl (C=O) groups excluding carboxylic acids is 1. The maximum Gasteiger partial charge on any atom is 0.193 e. The summed E-state index contributed by atoms with van der Waals surface area (Å²) in [4.78, 5) is 17.0. The molecule has 0 bridgehead atoms. The average molecular weight is 920 g/mol. The minimum absolute atomic E-state index is 0.00274. The van der Waals surface area contributed by atoms with Gasteiger partial charge in [-0.05, 0) is 128 Å². The molecule has 0 spiro atoms. The minimum atomic E-state index is -0.0559. The van der Waals surface area contributed by atoms with E-state index in [1.54, 1.807) is 0 Å². The number of carbonyl (C=O) groups is 1. The van der Waals surface area contributed by atoms with E-state index in [1.165, 1.54) is 0 Å². The standard InChI is InChI=1S/C23H28I4N2O5/c1-3-28(13-30)5-7-33-22-17(24)9-15(10-18(22)25)21(32)16-11-19(26)23(20(27)12-16)34-8-6-29(4-2)14-31/h9-12,30-31H,3-8,13-14H2,1-2H3. The van der Waals surface area contributed by atoms with Crippen molar-refractivity contribution in [1.82, 2.24) is 9.80 Å². The van der Waals surface area contributed by atoms with Crippen LogP contribution in [0, 0.1) is 14.3 Å². The predicted octanol–water partition coefficient (Wildman–Crippen LogP) is 4.64. The number of nitrogens with zero attached hydrogens (tertiary/aromatic N) is 2. The fourth-order valence-corrected chi connectivity index (χ4v) is 7.19. The smallest absolute Gasteiger partial charge is 0.193 e. The second-order valence-electron chi connectivity index (χ2n) is 7.27.